The number of hydrogen-bond acceptors (Lipinski definition) is 3. The van der Waals surface area contributed by atoms with Crippen molar-refractivity contribution in [1.82, 2.24) is 9.97 Å². The average molecular weight is 209 g/mol. The topological polar surface area (TPSA) is 57.8 Å². The van der Waals surface area contributed by atoms with Gasteiger partial charge in [-0.3, -0.25) is 4.79 Å². The van der Waals surface area contributed by atoms with Gasteiger partial charge in [-0.05, 0) is 18.8 Å². The molecule has 84 valence electrons. The van der Waals surface area contributed by atoms with E-state index in [1.165, 1.54) is 6.07 Å². The molecule has 1 heterocycles. The number of anilines is 1. The molecular weight excluding hydrogens is 190 g/mol. The van der Waals surface area contributed by atoms with Crippen molar-refractivity contribution in [2.75, 3.05) is 11.9 Å². The predicted octanol–water partition coefficient (Wildman–Crippen LogP) is 1.78. The number of nitrogens with one attached hydrogen (secondary N) is 2. The molecule has 1 atom stereocenters. The van der Waals surface area contributed by atoms with E-state index in [1.54, 1.807) is 6.92 Å². The van der Waals surface area contributed by atoms with E-state index in [1.807, 2.05) is 0 Å². The minimum atomic E-state index is -0.109. The molecule has 0 saturated heterocycles. The van der Waals surface area contributed by atoms with Crippen LogP contribution >= 0.6 is 0 Å². The number of aromatic nitrogens is 2. The van der Waals surface area contributed by atoms with Gasteiger partial charge in [-0.25, -0.2) is 4.98 Å². The minimum Gasteiger partial charge on any atom is -0.370 e. The normalized spacial score (nSPS) is 12.9. The molecule has 1 unspecified atom stereocenters. The molecule has 4 nitrogen and oxygen atoms in total. The van der Waals surface area contributed by atoms with Crippen molar-refractivity contribution in [3.8, 4) is 0 Å². The SMILES string of the molecule is Cc1nc(NCC(C)C(C)C)cc(=O)[nH]1. The highest BCUT2D eigenvalue weighted by Crippen LogP contribution is 2.10. The summed E-state index contributed by atoms with van der Waals surface area (Å²) in [5.41, 5.74) is -0.109. The molecule has 2 N–H and O–H groups in total. The van der Waals surface area contributed by atoms with Crippen LogP contribution in [0.1, 0.15) is 26.6 Å². The standard InChI is InChI=1S/C11H19N3O/c1-7(2)8(3)6-12-10-5-11(15)14-9(4)13-10/h5,7-8H,6H2,1-4H3,(H2,12,13,14,15). The van der Waals surface area contributed by atoms with Gasteiger partial charge < -0.3 is 10.3 Å². The molecule has 15 heavy (non-hydrogen) atoms. The van der Waals surface area contributed by atoms with Crippen LogP contribution in [0.15, 0.2) is 10.9 Å². The zero-order valence-corrected chi connectivity index (χ0v) is 9.79. The van der Waals surface area contributed by atoms with Gasteiger partial charge in [0.25, 0.3) is 5.56 Å². The first kappa shape index (κ1) is 11.8. The molecule has 0 aliphatic rings. The van der Waals surface area contributed by atoms with Gasteiger partial charge in [-0.1, -0.05) is 20.8 Å². The number of H-pyrrole nitrogens is 1. The van der Waals surface area contributed by atoms with Crippen LogP contribution in [0.25, 0.3) is 0 Å². The van der Waals surface area contributed by atoms with Crippen molar-refractivity contribution in [2.24, 2.45) is 11.8 Å². The van der Waals surface area contributed by atoms with Crippen molar-refractivity contribution < 1.29 is 0 Å². The van der Waals surface area contributed by atoms with Crippen LogP contribution in [0, 0.1) is 18.8 Å². The Balaban J connectivity index is 2.61. The quantitative estimate of drug-likeness (QED) is 0.794. The van der Waals surface area contributed by atoms with Gasteiger partial charge in [0.2, 0.25) is 0 Å². The molecule has 1 aromatic heterocycles. The molecule has 0 bridgehead atoms. The van der Waals surface area contributed by atoms with Crippen molar-refractivity contribution in [2.45, 2.75) is 27.7 Å². The second-order valence-electron chi connectivity index (χ2n) is 4.32. The number of aromatic amines is 1. The van der Waals surface area contributed by atoms with E-state index < -0.39 is 0 Å². The molecule has 0 aliphatic carbocycles. The maximum Gasteiger partial charge on any atom is 0.252 e. The zero-order valence-electron chi connectivity index (χ0n) is 9.79. The van der Waals surface area contributed by atoms with E-state index >= 15 is 0 Å². The summed E-state index contributed by atoms with van der Waals surface area (Å²) in [5.74, 6) is 2.48. The maximum absolute atomic E-state index is 11.2. The fourth-order valence-electron chi connectivity index (χ4n) is 1.17. The first-order valence-electron chi connectivity index (χ1n) is 5.31. The lowest BCUT2D eigenvalue weighted by molar-refractivity contribution is 0.439. The number of aryl methyl sites for hydroxylation is 1. The van der Waals surface area contributed by atoms with Gasteiger partial charge in [-0.15, -0.1) is 0 Å². The molecule has 0 amide bonds. The summed E-state index contributed by atoms with van der Waals surface area (Å²) in [6, 6.07) is 1.49. The second-order valence-corrected chi connectivity index (χ2v) is 4.32. The van der Waals surface area contributed by atoms with Crippen LogP contribution in [0.5, 0.6) is 0 Å². The molecule has 0 spiro atoms. The van der Waals surface area contributed by atoms with E-state index in [2.05, 4.69) is 36.1 Å². The molecule has 0 saturated carbocycles. The Bertz CT molecular complexity index is 370. The highest BCUT2D eigenvalue weighted by atomic mass is 16.1. The molecule has 0 aromatic carbocycles. The molecule has 4 heteroatoms. The lowest BCUT2D eigenvalue weighted by atomic mass is 9.98. The average Bonchev–Trinajstić information content (AvgIpc) is 2.12. The third kappa shape index (κ3) is 3.73. The van der Waals surface area contributed by atoms with Crippen molar-refractivity contribution in [1.29, 1.82) is 0 Å². The lowest BCUT2D eigenvalue weighted by Crippen LogP contribution is -2.19. The Labute approximate surface area is 90.1 Å². The highest BCUT2D eigenvalue weighted by molar-refractivity contribution is 5.32. The summed E-state index contributed by atoms with van der Waals surface area (Å²) in [4.78, 5) is 18.0. The minimum absolute atomic E-state index is 0.109. The fraction of sp³-hybridized carbons (Fsp3) is 0.636. The molecule has 0 radical (unpaired) electrons. The molecule has 1 aromatic rings. The monoisotopic (exact) mass is 209 g/mol. The highest BCUT2D eigenvalue weighted by Gasteiger charge is 2.07. The van der Waals surface area contributed by atoms with Gasteiger partial charge in [0.05, 0.1) is 0 Å². The van der Waals surface area contributed by atoms with E-state index in [0.717, 1.165) is 6.54 Å². The number of hydrogen-bond donors (Lipinski definition) is 2. The zero-order chi connectivity index (χ0) is 11.4. The Morgan fingerprint density at radius 3 is 2.67 bits per heavy atom. The van der Waals surface area contributed by atoms with E-state index in [-0.39, 0.29) is 5.56 Å². The largest absolute Gasteiger partial charge is 0.370 e. The first-order chi connectivity index (χ1) is 6.99. The lowest BCUT2D eigenvalue weighted by Gasteiger charge is -2.16. The van der Waals surface area contributed by atoms with Crippen LogP contribution in [-0.2, 0) is 0 Å². The Hall–Kier alpha value is -1.32. The first-order valence-corrected chi connectivity index (χ1v) is 5.31. The van der Waals surface area contributed by atoms with Gasteiger partial charge in [-0.2, -0.15) is 0 Å². The fourth-order valence-corrected chi connectivity index (χ4v) is 1.17. The van der Waals surface area contributed by atoms with Gasteiger partial charge in [0.15, 0.2) is 0 Å². The summed E-state index contributed by atoms with van der Waals surface area (Å²) in [7, 11) is 0. The van der Waals surface area contributed by atoms with Gasteiger partial charge in [0.1, 0.15) is 11.6 Å². The molecular formula is C11H19N3O. The molecule has 1 rings (SSSR count). The van der Waals surface area contributed by atoms with Crippen molar-refractivity contribution in [3.63, 3.8) is 0 Å². The number of nitrogens with zero attached hydrogens (tertiary/aromatic N) is 1. The van der Waals surface area contributed by atoms with E-state index in [0.29, 0.717) is 23.5 Å². The van der Waals surface area contributed by atoms with Gasteiger partial charge >= 0.3 is 0 Å². The summed E-state index contributed by atoms with van der Waals surface area (Å²) in [6.07, 6.45) is 0. The predicted molar refractivity (Wildman–Crippen MR) is 62.1 cm³/mol. The Kier molecular flexibility index (Phi) is 3.88. The van der Waals surface area contributed by atoms with E-state index in [9.17, 15) is 4.79 Å². The van der Waals surface area contributed by atoms with E-state index in [4.69, 9.17) is 0 Å². The number of rotatable bonds is 4. The van der Waals surface area contributed by atoms with Crippen molar-refractivity contribution in [3.05, 3.63) is 22.2 Å². The van der Waals surface area contributed by atoms with Crippen LogP contribution in [0.4, 0.5) is 5.82 Å². The van der Waals surface area contributed by atoms with Crippen LogP contribution < -0.4 is 10.9 Å². The van der Waals surface area contributed by atoms with Crippen molar-refractivity contribution >= 4 is 5.82 Å². The van der Waals surface area contributed by atoms with Gasteiger partial charge in [0, 0.05) is 12.6 Å². The molecule has 0 fully saturated rings. The van der Waals surface area contributed by atoms with Crippen LogP contribution in [0.3, 0.4) is 0 Å². The Morgan fingerprint density at radius 1 is 1.47 bits per heavy atom. The summed E-state index contributed by atoms with van der Waals surface area (Å²) < 4.78 is 0. The summed E-state index contributed by atoms with van der Waals surface area (Å²) in [5, 5.41) is 3.18. The second kappa shape index (κ2) is 4.96. The van der Waals surface area contributed by atoms with Crippen LogP contribution in [-0.4, -0.2) is 16.5 Å². The third-order valence-corrected chi connectivity index (χ3v) is 2.60. The van der Waals surface area contributed by atoms with Crippen LogP contribution in [0.2, 0.25) is 0 Å². The summed E-state index contributed by atoms with van der Waals surface area (Å²) >= 11 is 0. The smallest absolute Gasteiger partial charge is 0.252 e. The maximum atomic E-state index is 11.2. The molecule has 0 aliphatic heterocycles. The summed E-state index contributed by atoms with van der Waals surface area (Å²) in [6.45, 7) is 9.16. The Morgan fingerprint density at radius 2 is 2.13 bits per heavy atom. The third-order valence-electron chi connectivity index (χ3n) is 2.60.